The zero-order valence-electron chi connectivity index (χ0n) is 7.41. The zero-order chi connectivity index (χ0) is 9.10. The Labute approximate surface area is 76.8 Å². The summed E-state index contributed by atoms with van der Waals surface area (Å²) in [5.41, 5.74) is 3.39. The van der Waals surface area contributed by atoms with E-state index in [1.165, 1.54) is 5.56 Å². The quantitative estimate of drug-likeness (QED) is 0.730. The maximum atomic E-state index is 3.91. The first-order chi connectivity index (χ1) is 6.40. The van der Waals surface area contributed by atoms with Crippen molar-refractivity contribution >= 4 is 5.69 Å². The van der Waals surface area contributed by atoms with Crippen LogP contribution < -0.4 is 5.32 Å². The maximum absolute atomic E-state index is 3.91. The highest BCUT2D eigenvalue weighted by Gasteiger charge is 1.98. The van der Waals surface area contributed by atoms with Crippen molar-refractivity contribution in [3.05, 3.63) is 36.7 Å². The molecule has 0 fully saturated rings. The Morgan fingerprint density at radius 1 is 1.31 bits per heavy atom. The summed E-state index contributed by atoms with van der Waals surface area (Å²) in [6.07, 6.45) is 3.70. The lowest BCUT2D eigenvalue weighted by molar-refractivity contribution is 1.09. The van der Waals surface area contributed by atoms with Gasteiger partial charge in [-0.15, -0.1) is 0 Å². The molecule has 0 saturated carbocycles. The van der Waals surface area contributed by atoms with Crippen LogP contribution in [-0.2, 0) is 0 Å². The van der Waals surface area contributed by atoms with Gasteiger partial charge >= 0.3 is 0 Å². The first-order valence-corrected chi connectivity index (χ1v) is 4.17. The smallest absolute Gasteiger partial charge is 0.0565 e. The van der Waals surface area contributed by atoms with Crippen LogP contribution in [-0.4, -0.2) is 17.2 Å². The Morgan fingerprint density at radius 3 is 2.92 bits per heavy atom. The van der Waals surface area contributed by atoms with Crippen LogP contribution in [0.4, 0.5) is 5.69 Å². The standard InChI is InChI=1S/C10H11N3/c1-11-10-4-2-3-8(5-10)9-6-12-13-7-9/h2-7,11H,1H3,(H,12,13). The average molecular weight is 173 g/mol. The Balaban J connectivity index is 2.41. The molecule has 0 spiro atoms. The second-order valence-electron chi connectivity index (χ2n) is 2.82. The fourth-order valence-electron chi connectivity index (χ4n) is 1.26. The topological polar surface area (TPSA) is 40.7 Å². The van der Waals surface area contributed by atoms with Gasteiger partial charge in [-0.05, 0) is 17.7 Å². The van der Waals surface area contributed by atoms with Gasteiger partial charge in [0, 0.05) is 24.5 Å². The van der Waals surface area contributed by atoms with Crippen LogP contribution in [0.5, 0.6) is 0 Å². The normalized spacial score (nSPS) is 9.92. The lowest BCUT2D eigenvalue weighted by Crippen LogP contribution is -1.87. The number of hydrogen-bond donors (Lipinski definition) is 2. The first kappa shape index (κ1) is 7.86. The largest absolute Gasteiger partial charge is 0.388 e. The van der Waals surface area contributed by atoms with E-state index in [-0.39, 0.29) is 0 Å². The molecule has 0 saturated heterocycles. The van der Waals surface area contributed by atoms with Crippen molar-refractivity contribution in [2.45, 2.75) is 0 Å². The summed E-state index contributed by atoms with van der Waals surface area (Å²) in [5, 5.41) is 9.80. The summed E-state index contributed by atoms with van der Waals surface area (Å²) in [7, 11) is 1.91. The van der Waals surface area contributed by atoms with E-state index in [9.17, 15) is 0 Å². The number of H-pyrrole nitrogens is 1. The third-order valence-electron chi connectivity index (χ3n) is 1.98. The molecule has 0 aliphatic heterocycles. The van der Waals surface area contributed by atoms with Gasteiger partial charge in [0.05, 0.1) is 6.20 Å². The molecule has 0 bridgehead atoms. The summed E-state index contributed by atoms with van der Waals surface area (Å²) in [6, 6.07) is 8.20. The Morgan fingerprint density at radius 2 is 2.23 bits per heavy atom. The molecule has 1 aromatic carbocycles. The monoisotopic (exact) mass is 173 g/mol. The molecule has 1 aromatic heterocycles. The molecular weight excluding hydrogens is 162 g/mol. The summed E-state index contributed by atoms with van der Waals surface area (Å²) in [4.78, 5) is 0. The van der Waals surface area contributed by atoms with Crippen LogP contribution in [0.25, 0.3) is 11.1 Å². The number of rotatable bonds is 2. The second-order valence-corrected chi connectivity index (χ2v) is 2.82. The number of anilines is 1. The van der Waals surface area contributed by atoms with E-state index in [0.29, 0.717) is 0 Å². The summed E-state index contributed by atoms with van der Waals surface area (Å²) in [5.74, 6) is 0. The fraction of sp³-hybridized carbons (Fsp3) is 0.100. The molecule has 2 rings (SSSR count). The Bertz CT molecular complexity index is 379. The van der Waals surface area contributed by atoms with Crippen molar-refractivity contribution in [1.82, 2.24) is 10.2 Å². The number of aromatic nitrogens is 2. The van der Waals surface area contributed by atoms with Crippen molar-refractivity contribution in [2.24, 2.45) is 0 Å². The van der Waals surface area contributed by atoms with Gasteiger partial charge in [-0.1, -0.05) is 12.1 Å². The van der Waals surface area contributed by atoms with Crippen LogP contribution >= 0.6 is 0 Å². The highest BCUT2D eigenvalue weighted by molar-refractivity contribution is 5.66. The van der Waals surface area contributed by atoms with Crippen molar-refractivity contribution in [3.8, 4) is 11.1 Å². The molecule has 0 aliphatic rings. The average Bonchev–Trinajstić information content (AvgIpc) is 2.71. The SMILES string of the molecule is CNc1cccc(-c2cn[nH]c2)c1. The Kier molecular flexibility index (Phi) is 2.00. The van der Waals surface area contributed by atoms with Gasteiger partial charge in [-0.25, -0.2) is 0 Å². The van der Waals surface area contributed by atoms with Crippen molar-refractivity contribution < 1.29 is 0 Å². The molecule has 2 aromatic rings. The minimum atomic E-state index is 1.11. The van der Waals surface area contributed by atoms with Crippen LogP contribution in [0.2, 0.25) is 0 Å². The van der Waals surface area contributed by atoms with E-state index in [4.69, 9.17) is 0 Å². The summed E-state index contributed by atoms with van der Waals surface area (Å²) < 4.78 is 0. The highest BCUT2D eigenvalue weighted by Crippen LogP contribution is 2.20. The molecule has 0 unspecified atom stereocenters. The van der Waals surface area contributed by atoms with E-state index in [1.54, 1.807) is 0 Å². The van der Waals surface area contributed by atoms with Gasteiger partial charge < -0.3 is 5.32 Å². The van der Waals surface area contributed by atoms with Crippen molar-refractivity contribution in [1.29, 1.82) is 0 Å². The minimum absolute atomic E-state index is 1.11. The number of nitrogens with zero attached hydrogens (tertiary/aromatic N) is 1. The van der Waals surface area contributed by atoms with Gasteiger partial charge in [-0.2, -0.15) is 5.10 Å². The lowest BCUT2D eigenvalue weighted by Gasteiger charge is -2.01. The lowest BCUT2D eigenvalue weighted by atomic mass is 10.1. The van der Waals surface area contributed by atoms with Gasteiger partial charge in [0.2, 0.25) is 0 Å². The van der Waals surface area contributed by atoms with E-state index in [1.807, 2.05) is 31.6 Å². The van der Waals surface area contributed by atoms with Gasteiger partial charge in [0.15, 0.2) is 0 Å². The molecule has 3 heteroatoms. The van der Waals surface area contributed by atoms with E-state index in [0.717, 1.165) is 11.3 Å². The molecule has 0 aliphatic carbocycles. The van der Waals surface area contributed by atoms with Gasteiger partial charge in [0.1, 0.15) is 0 Å². The van der Waals surface area contributed by atoms with Gasteiger partial charge in [0.25, 0.3) is 0 Å². The molecule has 0 atom stereocenters. The molecule has 0 amide bonds. The van der Waals surface area contributed by atoms with Crippen LogP contribution in [0, 0.1) is 0 Å². The number of benzene rings is 1. The molecular formula is C10H11N3. The van der Waals surface area contributed by atoms with Crippen molar-refractivity contribution in [3.63, 3.8) is 0 Å². The maximum Gasteiger partial charge on any atom is 0.0565 e. The molecule has 3 nitrogen and oxygen atoms in total. The van der Waals surface area contributed by atoms with E-state index in [2.05, 4.69) is 27.6 Å². The predicted octanol–water partition coefficient (Wildman–Crippen LogP) is 2.12. The third-order valence-corrected chi connectivity index (χ3v) is 1.98. The predicted molar refractivity (Wildman–Crippen MR) is 53.6 cm³/mol. The molecule has 0 radical (unpaired) electrons. The first-order valence-electron chi connectivity index (χ1n) is 4.17. The van der Waals surface area contributed by atoms with E-state index >= 15 is 0 Å². The van der Waals surface area contributed by atoms with Gasteiger partial charge in [-0.3, -0.25) is 5.10 Å². The van der Waals surface area contributed by atoms with Crippen molar-refractivity contribution in [2.75, 3.05) is 12.4 Å². The van der Waals surface area contributed by atoms with Crippen LogP contribution in [0.1, 0.15) is 0 Å². The summed E-state index contributed by atoms with van der Waals surface area (Å²) in [6.45, 7) is 0. The molecule has 13 heavy (non-hydrogen) atoms. The number of nitrogens with one attached hydrogen (secondary N) is 2. The number of aromatic amines is 1. The second kappa shape index (κ2) is 3.31. The molecule has 66 valence electrons. The summed E-state index contributed by atoms with van der Waals surface area (Å²) >= 11 is 0. The fourth-order valence-corrected chi connectivity index (χ4v) is 1.26. The highest BCUT2D eigenvalue weighted by atomic mass is 15.1. The number of hydrogen-bond acceptors (Lipinski definition) is 2. The molecule has 1 heterocycles. The zero-order valence-corrected chi connectivity index (χ0v) is 7.41. The molecule has 2 N–H and O–H groups in total. The van der Waals surface area contributed by atoms with E-state index < -0.39 is 0 Å². The van der Waals surface area contributed by atoms with Crippen LogP contribution in [0.15, 0.2) is 36.7 Å². The third kappa shape index (κ3) is 1.54. The Hall–Kier alpha value is -1.77. The van der Waals surface area contributed by atoms with Crippen LogP contribution in [0.3, 0.4) is 0 Å². The minimum Gasteiger partial charge on any atom is -0.388 e.